The molecule has 0 bridgehead atoms. The largest absolute Gasteiger partial charge is 0.378 e. The molecule has 1 unspecified atom stereocenters. The monoisotopic (exact) mass is 324 g/mol. The van der Waals surface area contributed by atoms with Gasteiger partial charge >= 0.3 is 10.2 Å². The minimum absolute atomic E-state index is 0.101. The predicted octanol–water partition coefficient (Wildman–Crippen LogP) is 0.975. The van der Waals surface area contributed by atoms with Gasteiger partial charge in [-0.2, -0.15) is 12.7 Å². The van der Waals surface area contributed by atoms with Crippen LogP contribution in [0.15, 0.2) is 24.3 Å². The van der Waals surface area contributed by atoms with E-state index in [4.69, 9.17) is 4.74 Å². The minimum Gasteiger partial charge on any atom is -0.378 e. The van der Waals surface area contributed by atoms with Crippen LogP contribution in [0.4, 0.5) is 0 Å². The van der Waals surface area contributed by atoms with E-state index in [1.165, 1.54) is 9.87 Å². The summed E-state index contributed by atoms with van der Waals surface area (Å²) in [6.07, 6.45) is 2.34. The summed E-state index contributed by atoms with van der Waals surface area (Å²) >= 11 is 0. The lowest BCUT2D eigenvalue weighted by Crippen LogP contribution is -2.46. The summed E-state index contributed by atoms with van der Waals surface area (Å²) in [5.74, 6) is -0.495. The maximum Gasteiger partial charge on any atom is 0.304 e. The number of carbonyl (C=O) groups is 1. The summed E-state index contributed by atoms with van der Waals surface area (Å²) in [5, 5.41) is 0. The van der Waals surface area contributed by atoms with E-state index in [1.807, 2.05) is 24.3 Å². The van der Waals surface area contributed by atoms with Gasteiger partial charge in [-0.05, 0) is 30.4 Å². The number of benzene rings is 1. The fourth-order valence-corrected chi connectivity index (χ4v) is 4.08. The molecule has 1 fully saturated rings. The average molecular weight is 324 g/mol. The van der Waals surface area contributed by atoms with E-state index in [-0.39, 0.29) is 12.5 Å². The number of nitrogens with zero attached hydrogens (tertiary/aromatic N) is 1. The first kappa shape index (κ1) is 15.5. The van der Waals surface area contributed by atoms with Crippen molar-refractivity contribution in [3.63, 3.8) is 0 Å². The Morgan fingerprint density at radius 3 is 2.82 bits per heavy atom. The molecule has 0 aromatic heterocycles. The van der Waals surface area contributed by atoms with Gasteiger partial charge in [0, 0.05) is 19.7 Å². The first-order chi connectivity index (χ1) is 10.5. The zero-order valence-electron chi connectivity index (χ0n) is 12.3. The first-order valence-electron chi connectivity index (χ1n) is 7.54. The second-order valence-corrected chi connectivity index (χ2v) is 7.39. The summed E-state index contributed by atoms with van der Waals surface area (Å²) in [4.78, 5) is 11.9. The van der Waals surface area contributed by atoms with E-state index >= 15 is 0 Å². The zero-order chi connectivity index (χ0) is 15.6. The Morgan fingerprint density at radius 1 is 1.32 bits per heavy atom. The van der Waals surface area contributed by atoms with Crippen molar-refractivity contribution in [2.45, 2.75) is 38.3 Å². The average Bonchev–Trinajstić information content (AvgIpc) is 2.99. The lowest BCUT2D eigenvalue weighted by Gasteiger charge is -2.28. The molecule has 1 saturated heterocycles. The Balaban J connectivity index is 1.62. The van der Waals surface area contributed by atoms with E-state index < -0.39 is 16.1 Å². The van der Waals surface area contributed by atoms with Crippen molar-refractivity contribution < 1.29 is 17.9 Å². The molecule has 0 radical (unpaired) electrons. The van der Waals surface area contributed by atoms with Crippen molar-refractivity contribution in [3.8, 4) is 0 Å². The van der Waals surface area contributed by atoms with Crippen LogP contribution in [0.3, 0.4) is 0 Å². The number of carbonyl (C=O) groups excluding carboxylic acids is 1. The van der Waals surface area contributed by atoms with Crippen LogP contribution in [-0.4, -0.2) is 37.9 Å². The second-order valence-electron chi connectivity index (χ2n) is 5.72. The Labute approximate surface area is 130 Å². The molecule has 7 heteroatoms. The fourth-order valence-electron chi connectivity index (χ4n) is 2.94. The molecule has 6 nitrogen and oxygen atoms in total. The molecule has 2 heterocycles. The molecule has 0 spiro atoms. The minimum atomic E-state index is -3.79. The molecular weight excluding hydrogens is 304 g/mol. The Kier molecular flexibility index (Phi) is 4.46. The number of rotatable bonds is 4. The van der Waals surface area contributed by atoms with E-state index in [0.717, 1.165) is 18.4 Å². The highest BCUT2D eigenvalue weighted by atomic mass is 32.2. The first-order valence-corrected chi connectivity index (χ1v) is 8.98. The molecule has 1 N–H and O–H groups in total. The molecule has 2 aliphatic heterocycles. The normalized spacial score (nSPS) is 22.3. The number of nitrogens with one attached hydrogen (secondary N) is 1. The van der Waals surface area contributed by atoms with Gasteiger partial charge in [-0.15, -0.1) is 0 Å². The highest BCUT2D eigenvalue weighted by Gasteiger charge is 2.29. The van der Waals surface area contributed by atoms with Gasteiger partial charge in [0.15, 0.2) is 0 Å². The highest BCUT2D eigenvalue weighted by Crippen LogP contribution is 2.20. The van der Waals surface area contributed by atoms with Gasteiger partial charge < -0.3 is 4.74 Å². The van der Waals surface area contributed by atoms with Crippen molar-refractivity contribution in [3.05, 3.63) is 35.4 Å². The summed E-state index contributed by atoms with van der Waals surface area (Å²) in [5.41, 5.74) is 2.16. The topological polar surface area (TPSA) is 75.7 Å². The predicted molar refractivity (Wildman–Crippen MR) is 81.2 cm³/mol. The lowest BCUT2D eigenvalue weighted by molar-refractivity contribution is -0.121. The molecule has 1 amide bonds. The standard InChI is InChI=1S/C15H20N2O4S/c18-15(10-14-6-3-9-21-14)16-22(19,20)17-8-7-12-4-1-2-5-13(12)11-17/h1-2,4-5,14H,3,6-11H2,(H,16,18). The van der Waals surface area contributed by atoms with Crippen LogP contribution in [0.1, 0.15) is 30.4 Å². The van der Waals surface area contributed by atoms with Crippen molar-refractivity contribution in [1.82, 2.24) is 9.03 Å². The van der Waals surface area contributed by atoms with Crippen LogP contribution in [-0.2, 0) is 32.7 Å². The number of hydrogen-bond acceptors (Lipinski definition) is 4. The van der Waals surface area contributed by atoms with E-state index in [2.05, 4.69) is 4.72 Å². The van der Waals surface area contributed by atoms with Crippen LogP contribution in [0.25, 0.3) is 0 Å². The Bertz CT molecular complexity index is 653. The quantitative estimate of drug-likeness (QED) is 0.895. The number of hydrogen-bond donors (Lipinski definition) is 1. The second kappa shape index (κ2) is 6.36. The van der Waals surface area contributed by atoms with Crippen LogP contribution in [0.5, 0.6) is 0 Å². The molecule has 1 atom stereocenters. The van der Waals surface area contributed by atoms with Gasteiger partial charge in [-0.1, -0.05) is 24.3 Å². The summed E-state index contributed by atoms with van der Waals surface area (Å²) in [7, 11) is -3.79. The van der Waals surface area contributed by atoms with Gasteiger partial charge in [0.1, 0.15) is 0 Å². The van der Waals surface area contributed by atoms with Gasteiger partial charge in [-0.3, -0.25) is 4.79 Å². The van der Waals surface area contributed by atoms with Crippen molar-refractivity contribution in [2.75, 3.05) is 13.2 Å². The summed E-state index contributed by atoms with van der Waals surface area (Å²) < 4.78 is 33.5. The van der Waals surface area contributed by atoms with Gasteiger partial charge in [0.2, 0.25) is 5.91 Å². The smallest absolute Gasteiger partial charge is 0.304 e. The molecule has 2 aliphatic rings. The molecule has 1 aromatic rings. The van der Waals surface area contributed by atoms with Crippen molar-refractivity contribution >= 4 is 16.1 Å². The third kappa shape index (κ3) is 3.48. The molecule has 3 rings (SSSR count). The maximum absolute atomic E-state index is 12.3. The van der Waals surface area contributed by atoms with E-state index in [9.17, 15) is 13.2 Å². The Morgan fingerprint density at radius 2 is 2.09 bits per heavy atom. The Hall–Kier alpha value is -1.44. The third-order valence-electron chi connectivity index (χ3n) is 4.12. The molecule has 22 heavy (non-hydrogen) atoms. The van der Waals surface area contributed by atoms with Gasteiger partial charge in [0.05, 0.1) is 12.5 Å². The van der Waals surface area contributed by atoms with Crippen molar-refractivity contribution in [1.29, 1.82) is 0 Å². The van der Waals surface area contributed by atoms with Crippen molar-refractivity contribution in [2.24, 2.45) is 0 Å². The van der Waals surface area contributed by atoms with Gasteiger partial charge in [-0.25, -0.2) is 4.72 Å². The fraction of sp³-hybridized carbons (Fsp3) is 0.533. The zero-order valence-corrected chi connectivity index (χ0v) is 13.1. The molecule has 0 aliphatic carbocycles. The molecule has 1 aromatic carbocycles. The molecule has 120 valence electrons. The SMILES string of the molecule is O=C(CC1CCCO1)NS(=O)(=O)N1CCc2ccccc2C1. The van der Waals surface area contributed by atoms with Gasteiger partial charge in [0.25, 0.3) is 0 Å². The number of fused-ring (bicyclic) bond motifs is 1. The van der Waals surface area contributed by atoms with Crippen LogP contribution in [0.2, 0.25) is 0 Å². The van der Waals surface area contributed by atoms with Crippen LogP contribution >= 0.6 is 0 Å². The maximum atomic E-state index is 12.3. The molecule has 0 saturated carbocycles. The number of amides is 1. The number of ether oxygens (including phenoxy) is 1. The molecular formula is C15H20N2O4S. The summed E-state index contributed by atoms with van der Waals surface area (Å²) in [6.45, 7) is 1.34. The third-order valence-corrected chi connectivity index (χ3v) is 5.59. The van der Waals surface area contributed by atoms with Crippen LogP contribution in [0, 0.1) is 0 Å². The van der Waals surface area contributed by atoms with E-state index in [0.29, 0.717) is 26.1 Å². The lowest BCUT2D eigenvalue weighted by atomic mass is 10.0. The highest BCUT2D eigenvalue weighted by molar-refractivity contribution is 7.87. The van der Waals surface area contributed by atoms with E-state index in [1.54, 1.807) is 0 Å². The summed E-state index contributed by atoms with van der Waals surface area (Å²) in [6, 6.07) is 7.78. The van der Waals surface area contributed by atoms with Crippen LogP contribution < -0.4 is 4.72 Å².